The number of rotatable bonds is 0. The average Bonchev–Trinajstić information content (AvgIpc) is 2.04. The molecule has 1 aromatic heterocycles. The van der Waals surface area contributed by atoms with Crippen LogP contribution < -0.4 is 5.73 Å². The Labute approximate surface area is 63.5 Å². The second kappa shape index (κ2) is 2.68. The number of nitrogens with zero attached hydrogens (tertiary/aromatic N) is 3. The first kappa shape index (κ1) is 7.04. The number of hydrogen-bond acceptors (Lipinski definition) is 4. The molecule has 2 N–H and O–H groups in total. The molecule has 0 amide bonds. The number of nitrogen functional groups attached to an aromatic ring is 1. The summed E-state index contributed by atoms with van der Waals surface area (Å²) in [5.74, 6) is 0.103. The zero-order valence-electron chi connectivity index (χ0n) is 5.57. The predicted octanol–water partition coefficient (Wildman–Crippen LogP) is 0.407. The second-order valence-electron chi connectivity index (χ2n) is 1.85. The predicted molar refractivity (Wildman–Crippen MR) is 38.1 cm³/mol. The van der Waals surface area contributed by atoms with Crippen molar-refractivity contribution < 1.29 is 0 Å². The minimum absolute atomic E-state index is 0.103. The van der Waals surface area contributed by atoms with E-state index in [0.29, 0.717) is 5.56 Å². The molecule has 1 aromatic rings. The van der Waals surface area contributed by atoms with Crippen molar-refractivity contribution in [2.24, 2.45) is 0 Å². The van der Waals surface area contributed by atoms with Crippen molar-refractivity contribution in [2.45, 2.75) is 0 Å². The fraction of sp³-hybridized carbons (Fsp3) is 0. The van der Waals surface area contributed by atoms with Crippen LogP contribution in [0.2, 0.25) is 0 Å². The Bertz CT molecular complexity index is 356. The normalized spacial score (nSPS) is 8.18. The molecule has 0 atom stereocenters. The van der Waals surface area contributed by atoms with E-state index < -0.39 is 0 Å². The minimum Gasteiger partial charge on any atom is -0.383 e. The molecule has 0 saturated carbocycles. The lowest BCUT2D eigenvalue weighted by Crippen LogP contribution is -1.95. The maximum Gasteiger partial charge on any atom is 0.142 e. The third-order valence-electron chi connectivity index (χ3n) is 1.16. The van der Waals surface area contributed by atoms with Gasteiger partial charge < -0.3 is 5.73 Å². The summed E-state index contributed by atoms with van der Waals surface area (Å²) in [5.41, 5.74) is 5.84. The first-order valence-electron chi connectivity index (χ1n) is 2.84. The molecule has 0 bridgehead atoms. The van der Waals surface area contributed by atoms with Gasteiger partial charge in [-0.05, 0) is 12.1 Å². The monoisotopic (exact) mass is 144 g/mol. The maximum atomic E-state index is 8.43. The molecule has 0 aliphatic heterocycles. The largest absolute Gasteiger partial charge is 0.383 e. The van der Waals surface area contributed by atoms with Crippen molar-refractivity contribution in [1.29, 1.82) is 10.5 Å². The number of aromatic nitrogens is 1. The number of anilines is 1. The Balaban J connectivity index is 3.25. The van der Waals surface area contributed by atoms with E-state index in [2.05, 4.69) is 4.98 Å². The topological polar surface area (TPSA) is 86.5 Å². The summed E-state index contributed by atoms with van der Waals surface area (Å²) in [7, 11) is 0. The number of nitriles is 2. The molecule has 0 aliphatic carbocycles. The molecule has 0 spiro atoms. The molecule has 1 heterocycles. The van der Waals surface area contributed by atoms with Crippen LogP contribution in [0.15, 0.2) is 12.1 Å². The number of hydrogen-bond donors (Lipinski definition) is 1. The zero-order chi connectivity index (χ0) is 8.27. The van der Waals surface area contributed by atoms with E-state index in [0.717, 1.165) is 0 Å². The van der Waals surface area contributed by atoms with Crippen molar-refractivity contribution in [3.05, 3.63) is 23.4 Å². The van der Waals surface area contributed by atoms with Crippen molar-refractivity contribution in [3.63, 3.8) is 0 Å². The van der Waals surface area contributed by atoms with Gasteiger partial charge in [-0.15, -0.1) is 0 Å². The van der Waals surface area contributed by atoms with Gasteiger partial charge in [-0.3, -0.25) is 0 Å². The molecule has 0 saturated heterocycles. The van der Waals surface area contributed by atoms with Crippen molar-refractivity contribution >= 4 is 5.82 Å². The lowest BCUT2D eigenvalue weighted by atomic mass is 10.2. The summed E-state index contributed by atoms with van der Waals surface area (Å²) in [6.07, 6.45) is 0. The SMILES string of the molecule is N#Cc1ccc(C#N)c(N)n1. The maximum absolute atomic E-state index is 8.43. The third-order valence-corrected chi connectivity index (χ3v) is 1.16. The van der Waals surface area contributed by atoms with E-state index in [1.54, 1.807) is 0 Å². The van der Waals surface area contributed by atoms with Gasteiger partial charge in [0.1, 0.15) is 23.7 Å². The smallest absolute Gasteiger partial charge is 0.142 e. The Morgan fingerprint density at radius 2 is 2.00 bits per heavy atom. The van der Waals surface area contributed by atoms with Crippen molar-refractivity contribution in [2.75, 3.05) is 5.73 Å². The van der Waals surface area contributed by atoms with Crippen LogP contribution in [0.25, 0.3) is 0 Å². The molecule has 1 rings (SSSR count). The summed E-state index contributed by atoms with van der Waals surface area (Å²) in [4.78, 5) is 3.66. The van der Waals surface area contributed by atoms with Gasteiger partial charge in [-0.25, -0.2) is 4.98 Å². The van der Waals surface area contributed by atoms with Gasteiger partial charge >= 0.3 is 0 Å². The van der Waals surface area contributed by atoms with Crippen LogP contribution in [-0.2, 0) is 0 Å². The third kappa shape index (κ3) is 1.25. The van der Waals surface area contributed by atoms with Crippen LogP contribution in [0, 0.1) is 22.7 Å². The lowest BCUT2D eigenvalue weighted by Gasteiger charge is -1.93. The summed E-state index contributed by atoms with van der Waals surface area (Å²) in [6.45, 7) is 0. The highest BCUT2D eigenvalue weighted by Crippen LogP contribution is 2.06. The van der Waals surface area contributed by atoms with Crippen LogP contribution in [0.3, 0.4) is 0 Å². The highest BCUT2D eigenvalue weighted by Gasteiger charge is 1.99. The summed E-state index contributed by atoms with van der Waals surface area (Å²) >= 11 is 0. The van der Waals surface area contributed by atoms with Crippen molar-refractivity contribution in [3.8, 4) is 12.1 Å². The van der Waals surface area contributed by atoms with E-state index in [9.17, 15) is 0 Å². The molecule has 4 heteroatoms. The Morgan fingerprint density at radius 3 is 2.45 bits per heavy atom. The molecule has 0 aromatic carbocycles. The zero-order valence-corrected chi connectivity index (χ0v) is 5.57. The van der Waals surface area contributed by atoms with Gasteiger partial charge in [-0.2, -0.15) is 10.5 Å². The Kier molecular flexibility index (Phi) is 1.71. The fourth-order valence-corrected chi connectivity index (χ4v) is 0.632. The average molecular weight is 144 g/mol. The quantitative estimate of drug-likeness (QED) is 0.571. The van der Waals surface area contributed by atoms with Gasteiger partial charge in [0.25, 0.3) is 0 Å². The van der Waals surface area contributed by atoms with Crippen LogP contribution >= 0.6 is 0 Å². The number of nitrogens with two attached hydrogens (primary N) is 1. The van der Waals surface area contributed by atoms with E-state index >= 15 is 0 Å². The highest BCUT2D eigenvalue weighted by atomic mass is 14.8. The van der Waals surface area contributed by atoms with Crippen LogP contribution in [-0.4, -0.2) is 4.98 Å². The molecule has 0 fully saturated rings. The highest BCUT2D eigenvalue weighted by molar-refractivity contribution is 5.49. The van der Waals surface area contributed by atoms with Gasteiger partial charge in [0, 0.05) is 0 Å². The van der Waals surface area contributed by atoms with Gasteiger partial charge in [0.05, 0.1) is 5.56 Å². The Hall–Kier alpha value is -2.07. The van der Waals surface area contributed by atoms with Crippen LogP contribution in [0.4, 0.5) is 5.82 Å². The Morgan fingerprint density at radius 1 is 1.27 bits per heavy atom. The van der Waals surface area contributed by atoms with Gasteiger partial charge in [-0.1, -0.05) is 0 Å². The second-order valence-corrected chi connectivity index (χ2v) is 1.85. The first-order valence-corrected chi connectivity index (χ1v) is 2.84. The summed E-state index contributed by atoms with van der Waals surface area (Å²) in [6, 6.07) is 6.59. The van der Waals surface area contributed by atoms with Crippen LogP contribution in [0.5, 0.6) is 0 Å². The van der Waals surface area contributed by atoms with E-state index in [1.807, 2.05) is 12.1 Å². The molecule has 0 radical (unpaired) electrons. The van der Waals surface area contributed by atoms with Gasteiger partial charge in [0.2, 0.25) is 0 Å². The molecule has 0 unspecified atom stereocenters. The first-order chi connectivity index (χ1) is 5.27. The van der Waals surface area contributed by atoms with E-state index in [1.165, 1.54) is 12.1 Å². The molecular weight excluding hydrogens is 140 g/mol. The summed E-state index contributed by atoms with van der Waals surface area (Å²) < 4.78 is 0. The molecule has 52 valence electrons. The standard InChI is InChI=1S/C7H4N4/c8-3-5-1-2-6(4-9)11-7(5)10/h1-2H,(H2,10,11). The van der Waals surface area contributed by atoms with Crippen molar-refractivity contribution in [1.82, 2.24) is 4.98 Å². The molecule has 4 nitrogen and oxygen atoms in total. The minimum atomic E-state index is 0.103. The fourth-order valence-electron chi connectivity index (χ4n) is 0.632. The molecule has 11 heavy (non-hydrogen) atoms. The molecular formula is C7H4N4. The van der Waals surface area contributed by atoms with E-state index in [4.69, 9.17) is 16.3 Å². The van der Waals surface area contributed by atoms with E-state index in [-0.39, 0.29) is 11.5 Å². The number of pyridine rings is 1. The lowest BCUT2D eigenvalue weighted by molar-refractivity contribution is 1.26. The molecule has 0 aliphatic rings. The van der Waals surface area contributed by atoms with Gasteiger partial charge in [0.15, 0.2) is 0 Å². The van der Waals surface area contributed by atoms with Crippen LogP contribution in [0.1, 0.15) is 11.3 Å². The summed E-state index contributed by atoms with van der Waals surface area (Å²) in [5, 5.41) is 16.8.